The number of rotatable bonds is 6. The molecule has 0 saturated heterocycles. The van der Waals surface area contributed by atoms with Gasteiger partial charge < -0.3 is 10.3 Å². The second-order valence-electron chi connectivity index (χ2n) is 4.54. The first-order valence-corrected chi connectivity index (χ1v) is 6.36. The summed E-state index contributed by atoms with van der Waals surface area (Å²) < 4.78 is 5.29. The van der Waals surface area contributed by atoms with Crippen molar-refractivity contribution in [1.29, 1.82) is 0 Å². The zero-order valence-corrected chi connectivity index (χ0v) is 10.7. The summed E-state index contributed by atoms with van der Waals surface area (Å²) in [5.74, 6) is 1.75. The standard InChI is InChI=1S/C14H19N3O/c1-11(6-5-9-15)14-16-13(17-18-14)10-12-7-3-2-4-8-12/h2-4,7-8,11H,5-6,9-10,15H2,1H3. The van der Waals surface area contributed by atoms with Gasteiger partial charge in [-0.15, -0.1) is 0 Å². The summed E-state index contributed by atoms with van der Waals surface area (Å²) in [5, 5.41) is 4.02. The molecule has 1 atom stereocenters. The zero-order valence-electron chi connectivity index (χ0n) is 10.7. The van der Waals surface area contributed by atoms with Crippen molar-refractivity contribution in [2.45, 2.75) is 32.1 Å². The molecule has 0 saturated carbocycles. The summed E-state index contributed by atoms with van der Waals surface area (Å²) in [4.78, 5) is 4.44. The molecule has 4 heteroatoms. The maximum Gasteiger partial charge on any atom is 0.229 e. The highest BCUT2D eigenvalue weighted by molar-refractivity contribution is 5.18. The summed E-state index contributed by atoms with van der Waals surface area (Å²) in [7, 11) is 0. The van der Waals surface area contributed by atoms with Crippen LogP contribution in [0.2, 0.25) is 0 Å². The molecule has 1 aromatic heterocycles. The van der Waals surface area contributed by atoms with E-state index in [2.05, 4.69) is 29.2 Å². The second-order valence-corrected chi connectivity index (χ2v) is 4.54. The zero-order chi connectivity index (χ0) is 12.8. The lowest BCUT2D eigenvalue weighted by Crippen LogP contribution is -2.02. The lowest BCUT2D eigenvalue weighted by molar-refractivity contribution is 0.349. The Labute approximate surface area is 107 Å². The van der Waals surface area contributed by atoms with Crippen LogP contribution in [0.5, 0.6) is 0 Å². The van der Waals surface area contributed by atoms with Crippen molar-refractivity contribution >= 4 is 0 Å². The van der Waals surface area contributed by atoms with Crippen molar-refractivity contribution in [2.75, 3.05) is 6.54 Å². The van der Waals surface area contributed by atoms with Gasteiger partial charge in [0.1, 0.15) is 0 Å². The molecule has 0 spiro atoms. The van der Waals surface area contributed by atoms with Crippen molar-refractivity contribution in [2.24, 2.45) is 5.73 Å². The molecule has 0 aliphatic heterocycles. The van der Waals surface area contributed by atoms with Crippen LogP contribution < -0.4 is 5.73 Å². The largest absolute Gasteiger partial charge is 0.339 e. The molecule has 0 bridgehead atoms. The third-order valence-corrected chi connectivity index (χ3v) is 2.95. The van der Waals surface area contributed by atoms with Crippen LogP contribution in [0.3, 0.4) is 0 Å². The van der Waals surface area contributed by atoms with Crippen LogP contribution in [0.1, 0.15) is 43.0 Å². The Morgan fingerprint density at radius 1 is 1.28 bits per heavy atom. The number of nitrogens with two attached hydrogens (primary N) is 1. The van der Waals surface area contributed by atoms with E-state index in [-0.39, 0.29) is 5.92 Å². The lowest BCUT2D eigenvalue weighted by Gasteiger charge is -2.03. The first kappa shape index (κ1) is 12.8. The van der Waals surface area contributed by atoms with E-state index in [9.17, 15) is 0 Å². The fourth-order valence-corrected chi connectivity index (χ4v) is 1.87. The number of nitrogens with zero attached hydrogens (tertiary/aromatic N) is 2. The van der Waals surface area contributed by atoms with Crippen molar-refractivity contribution in [3.8, 4) is 0 Å². The molecule has 1 heterocycles. The van der Waals surface area contributed by atoms with Crippen LogP contribution in [-0.4, -0.2) is 16.7 Å². The van der Waals surface area contributed by atoms with Crippen LogP contribution in [-0.2, 0) is 6.42 Å². The summed E-state index contributed by atoms with van der Waals surface area (Å²) in [6.45, 7) is 2.80. The van der Waals surface area contributed by atoms with Gasteiger partial charge in [-0.25, -0.2) is 0 Å². The molecule has 2 rings (SSSR count). The predicted molar refractivity (Wildman–Crippen MR) is 70.2 cm³/mol. The minimum atomic E-state index is 0.283. The van der Waals surface area contributed by atoms with Gasteiger partial charge in [-0.2, -0.15) is 4.98 Å². The van der Waals surface area contributed by atoms with Gasteiger partial charge in [0.2, 0.25) is 5.89 Å². The Kier molecular flexibility index (Phi) is 4.47. The molecule has 0 aliphatic rings. The van der Waals surface area contributed by atoms with E-state index in [0.29, 0.717) is 13.0 Å². The Morgan fingerprint density at radius 2 is 2.06 bits per heavy atom. The number of benzene rings is 1. The van der Waals surface area contributed by atoms with Crippen molar-refractivity contribution < 1.29 is 4.52 Å². The summed E-state index contributed by atoms with van der Waals surface area (Å²) in [6.07, 6.45) is 2.69. The quantitative estimate of drug-likeness (QED) is 0.849. The molecule has 2 aromatic rings. The second kappa shape index (κ2) is 6.31. The van der Waals surface area contributed by atoms with Crippen molar-refractivity contribution in [3.63, 3.8) is 0 Å². The Balaban J connectivity index is 1.98. The molecule has 0 fully saturated rings. The predicted octanol–water partition coefficient (Wildman–Crippen LogP) is 2.50. The Morgan fingerprint density at radius 3 is 2.78 bits per heavy atom. The minimum Gasteiger partial charge on any atom is -0.339 e. The molecule has 4 nitrogen and oxygen atoms in total. The van der Waals surface area contributed by atoms with Crippen LogP contribution in [0, 0.1) is 0 Å². The highest BCUT2D eigenvalue weighted by atomic mass is 16.5. The van der Waals surface area contributed by atoms with E-state index in [1.165, 1.54) is 5.56 Å². The smallest absolute Gasteiger partial charge is 0.229 e. The molecule has 0 radical (unpaired) electrons. The average Bonchev–Trinajstić information content (AvgIpc) is 2.86. The van der Waals surface area contributed by atoms with Gasteiger partial charge in [-0.1, -0.05) is 42.4 Å². The topological polar surface area (TPSA) is 64.9 Å². The summed E-state index contributed by atoms with van der Waals surface area (Å²) in [5.41, 5.74) is 6.69. The molecule has 0 aliphatic carbocycles. The van der Waals surface area contributed by atoms with Crippen LogP contribution in [0.25, 0.3) is 0 Å². The molecular formula is C14H19N3O. The first-order valence-electron chi connectivity index (χ1n) is 6.36. The van der Waals surface area contributed by atoms with E-state index < -0.39 is 0 Å². The maximum absolute atomic E-state index is 5.50. The Hall–Kier alpha value is -1.68. The maximum atomic E-state index is 5.50. The van der Waals surface area contributed by atoms with Gasteiger partial charge in [0, 0.05) is 12.3 Å². The van der Waals surface area contributed by atoms with Gasteiger partial charge in [-0.05, 0) is 24.9 Å². The van der Waals surface area contributed by atoms with Crippen molar-refractivity contribution in [3.05, 3.63) is 47.6 Å². The molecule has 1 unspecified atom stereocenters. The molecule has 1 aromatic carbocycles. The highest BCUT2D eigenvalue weighted by Crippen LogP contribution is 2.18. The van der Waals surface area contributed by atoms with E-state index >= 15 is 0 Å². The molecule has 96 valence electrons. The van der Waals surface area contributed by atoms with E-state index in [4.69, 9.17) is 10.3 Å². The van der Waals surface area contributed by atoms with Crippen LogP contribution >= 0.6 is 0 Å². The summed E-state index contributed by atoms with van der Waals surface area (Å²) in [6, 6.07) is 10.2. The van der Waals surface area contributed by atoms with Crippen LogP contribution in [0.15, 0.2) is 34.9 Å². The lowest BCUT2D eigenvalue weighted by atomic mass is 10.1. The molecule has 0 amide bonds. The molecular weight excluding hydrogens is 226 g/mol. The fraction of sp³-hybridized carbons (Fsp3) is 0.429. The number of aromatic nitrogens is 2. The van der Waals surface area contributed by atoms with E-state index in [0.717, 1.165) is 24.6 Å². The minimum absolute atomic E-state index is 0.283. The van der Waals surface area contributed by atoms with E-state index in [1.54, 1.807) is 0 Å². The van der Waals surface area contributed by atoms with Gasteiger partial charge in [0.25, 0.3) is 0 Å². The highest BCUT2D eigenvalue weighted by Gasteiger charge is 2.13. The van der Waals surface area contributed by atoms with Gasteiger partial charge in [0.15, 0.2) is 5.82 Å². The first-order chi connectivity index (χ1) is 8.79. The molecule has 2 N–H and O–H groups in total. The monoisotopic (exact) mass is 245 g/mol. The molecule has 18 heavy (non-hydrogen) atoms. The summed E-state index contributed by atoms with van der Waals surface area (Å²) >= 11 is 0. The third-order valence-electron chi connectivity index (χ3n) is 2.95. The SMILES string of the molecule is CC(CCCN)c1nc(Cc2ccccc2)no1. The average molecular weight is 245 g/mol. The van der Waals surface area contributed by atoms with Crippen molar-refractivity contribution in [1.82, 2.24) is 10.1 Å². The third kappa shape index (κ3) is 3.40. The number of hydrogen-bond acceptors (Lipinski definition) is 4. The van der Waals surface area contributed by atoms with Gasteiger partial charge >= 0.3 is 0 Å². The van der Waals surface area contributed by atoms with E-state index in [1.807, 2.05) is 18.2 Å². The Bertz CT molecular complexity index is 467. The number of hydrogen-bond donors (Lipinski definition) is 1. The normalized spacial score (nSPS) is 12.6. The van der Waals surface area contributed by atoms with Crippen LogP contribution in [0.4, 0.5) is 0 Å². The van der Waals surface area contributed by atoms with Gasteiger partial charge in [0.05, 0.1) is 0 Å². The van der Waals surface area contributed by atoms with Gasteiger partial charge in [-0.3, -0.25) is 0 Å². The fourth-order valence-electron chi connectivity index (χ4n) is 1.87.